The molecule has 0 aliphatic heterocycles. The number of halogens is 1. The lowest BCUT2D eigenvalue weighted by atomic mass is 9.82. The summed E-state index contributed by atoms with van der Waals surface area (Å²) >= 11 is 0. The quantitative estimate of drug-likeness (QED) is 0.525. The molecule has 168 valence electrons. The molecule has 1 aromatic carbocycles. The standard InChI is InChI=1S/C23H30FN3O4/c1-8-31-22(30)21(29)27(20(28)18-15(3)25-26(7)19(18)24)17-12-10-9-11-16(17)14(2)13-23(4,5)6/h9-12,14H,8,13H2,1-7H3. The van der Waals surface area contributed by atoms with Crippen LogP contribution in [-0.2, 0) is 21.4 Å². The monoisotopic (exact) mass is 431 g/mol. The van der Waals surface area contributed by atoms with Gasteiger partial charge in [-0.25, -0.2) is 14.4 Å². The lowest BCUT2D eigenvalue weighted by molar-refractivity contribution is -0.153. The van der Waals surface area contributed by atoms with Crippen molar-refractivity contribution in [2.75, 3.05) is 11.5 Å². The van der Waals surface area contributed by atoms with Crippen LogP contribution in [-0.4, -0.2) is 34.2 Å². The summed E-state index contributed by atoms with van der Waals surface area (Å²) in [7, 11) is 1.36. The zero-order valence-corrected chi connectivity index (χ0v) is 19.2. The number of amides is 2. The number of carbonyl (C=O) groups excluding carboxylic acids is 3. The minimum atomic E-state index is -1.18. The van der Waals surface area contributed by atoms with Crippen molar-refractivity contribution in [2.24, 2.45) is 12.5 Å². The highest BCUT2D eigenvalue weighted by Gasteiger charge is 2.36. The third kappa shape index (κ3) is 5.37. The van der Waals surface area contributed by atoms with Gasteiger partial charge in [-0.05, 0) is 43.2 Å². The zero-order chi connectivity index (χ0) is 23.5. The van der Waals surface area contributed by atoms with E-state index in [0.717, 1.165) is 11.1 Å². The van der Waals surface area contributed by atoms with E-state index in [1.165, 1.54) is 14.0 Å². The SMILES string of the molecule is CCOC(=O)C(=O)N(C(=O)c1c(C)nn(C)c1F)c1ccccc1C(C)CC(C)(C)C. The van der Waals surface area contributed by atoms with Crippen LogP contribution in [0.3, 0.4) is 0 Å². The number of benzene rings is 1. The predicted molar refractivity (Wildman–Crippen MR) is 115 cm³/mol. The van der Waals surface area contributed by atoms with E-state index in [1.54, 1.807) is 31.2 Å². The van der Waals surface area contributed by atoms with Crippen molar-refractivity contribution in [3.63, 3.8) is 0 Å². The Morgan fingerprint density at radius 3 is 2.35 bits per heavy atom. The second kappa shape index (κ2) is 9.41. The Balaban J connectivity index is 2.66. The fraction of sp³-hybridized carbons (Fsp3) is 0.478. The molecular weight excluding hydrogens is 401 g/mol. The lowest BCUT2D eigenvalue weighted by Crippen LogP contribution is -2.43. The molecule has 0 N–H and O–H groups in total. The fourth-order valence-corrected chi connectivity index (χ4v) is 3.72. The third-order valence-electron chi connectivity index (χ3n) is 4.85. The Bertz CT molecular complexity index is 991. The smallest absolute Gasteiger partial charge is 0.397 e. The summed E-state index contributed by atoms with van der Waals surface area (Å²) in [6.07, 6.45) is 0.764. The maximum absolute atomic E-state index is 14.7. The summed E-state index contributed by atoms with van der Waals surface area (Å²) in [5.74, 6) is -4.25. The first kappa shape index (κ1) is 24.2. The van der Waals surface area contributed by atoms with Crippen LogP contribution < -0.4 is 4.90 Å². The van der Waals surface area contributed by atoms with Crippen molar-refractivity contribution < 1.29 is 23.5 Å². The van der Waals surface area contributed by atoms with Crippen LogP contribution in [0.25, 0.3) is 0 Å². The maximum Gasteiger partial charge on any atom is 0.397 e. The van der Waals surface area contributed by atoms with Gasteiger partial charge in [0.25, 0.3) is 5.91 Å². The van der Waals surface area contributed by atoms with Gasteiger partial charge in [0.2, 0.25) is 5.95 Å². The first-order valence-corrected chi connectivity index (χ1v) is 10.2. The Kier molecular flexibility index (Phi) is 7.36. The first-order valence-electron chi connectivity index (χ1n) is 10.2. The van der Waals surface area contributed by atoms with Crippen LogP contribution in [0.15, 0.2) is 24.3 Å². The van der Waals surface area contributed by atoms with Crippen LogP contribution in [0.5, 0.6) is 0 Å². The summed E-state index contributed by atoms with van der Waals surface area (Å²) in [5.41, 5.74) is 0.666. The molecule has 0 bridgehead atoms. The van der Waals surface area contributed by atoms with E-state index in [0.29, 0.717) is 10.5 Å². The van der Waals surface area contributed by atoms with Gasteiger partial charge in [0.1, 0.15) is 5.56 Å². The molecule has 1 atom stereocenters. The van der Waals surface area contributed by atoms with Gasteiger partial charge in [0.05, 0.1) is 18.0 Å². The lowest BCUT2D eigenvalue weighted by Gasteiger charge is -2.28. The molecule has 0 spiro atoms. The molecular formula is C23H30FN3O4. The van der Waals surface area contributed by atoms with Crippen LogP contribution in [0, 0.1) is 18.3 Å². The second-order valence-corrected chi connectivity index (χ2v) is 8.77. The maximum atomic E-state index is 14.7. The molecule has 1 unspecified atom stereocenters. The molecule has 31 heavy (non-hydrogen) atoms. The molecule has 2 amide bonds. The highest BCUT2D eigenvalue weighted by molar-refractivity contribution is 6.45. The Morgan fingerprint density at radius 2 is 1.84 bits per heavy atom. The molecule has 2 aromatic rings. The largest absolute Gasteiger partial charge is 0.459 e. The molecule has 8 heteroatoms. The Hall–Kier alpha value is -3.03. The number of ether oxygens (including phenoxy) is 1. The second-order valence-electron chi connectivity index (χ2n) is 8.77. The zero-order valence-electron chi connectivity index (χ0n) is 19.2. The van der Waals surface area contributed by atoms with E-state index in [-0.39, 0.29) is 34.9 Å². The number of rotatable bonds is 5. The van der Waals surface area contributed by atoms with E-state index in [1.807, 2.05) is 6.92 Å². The first-order chi connectivity index (χ1) is 14.4. The van der Waals surface area contributed by atoms with Gasteiger partial charge in [-0.1, -0.05) is 45.9 Å². The number of esters is 1. The summed E-state index contributed by atoms with van der Waals surface area (Å²) in [6, 6.07) is 6.84. The van der Waals surface area contributed by atoms with Crippen LogP contribution in [0.4, 0.5) is 10.1 Å². The molecule has 0 saturated heterocycles. The summed E-state index contributed by atoms with van der Waals surface area (Å²) in [5, 5.41) is 3.92. The Morgan fingerprint density at radius 1 is 1.23 bits per heavy atom. The highest BCUT2D eigenvalue weighted by atomic mass is 19.1. The number of hydrogen-bond acceptors (Lipinski definition) is 5. The fourth-order valence-electron chi connectivity index (χ4n) is 3.72. The van der Waals surface area contributed by atoms with Gasteiger partial charge in [0.15, 0.2) is 0 Å². The van der Waals surface area contributed by atoms with Crippen LogP contribution in [0.2, 0.25) is 0 Å². The molecule has 0 aliphatic carbocycles. The normalized spacial score (nSPS) is 12.4. The number of aromatic nitrogens is 2. The molecule has 1 heterocycles. The molecule has 0 aliphatic rings. The van der Waals surface area contributed by atoms with Crippen molar-refractivity contribution in [1.29, 1.82) is 0 Å². The van der Waals surface area contributed by atoms with E-state index >= 15 is 0 Å². The average molecular weight is 432 g/mol. The highest BCUT2D eigenvalue weighted by Crippen LogP contribution is 2.36. The average Bonchev–Trinajstić information content (AvgIpc) is 2.92. The molecule has 0 radical (unpaired) electrons. The number of nitrogens with zero attached hydrogens (tertiary/aromatic N) is 3. The van der Waals surface area contributed by atoms with E-state index in [9.17, 15) is 18.8 Å². The third-order valence-corrected chi connectivity index (χ3v) is 4.85. The number of carbonyl (C=O) groups is 3. The van der Waals surface area contributed by atoms with Crippen LogP contribution >= 0.6 is 0 Å². The van der Waals surface area contributed by atoms with E-state index in [2.05, 4.69) is 25.9 Å². The summed E-state index contributed by atoms with van der Waals surface area (Å²) < 4.78 is 20.4. The van der Waals surface area contributed by atoms with Gasteiger partial charge in [-0.2, -0.15) is 9.49 Å². The van der Waals surface area contributed by atoms with E-state index in [4.69, 9.17) is 4.74 Å². The van der Waals surface area contributed by atoms with Crippen molar-refractivity contribution in [3.05, 3.63) is 47.0 Å². The van der Waals surface area contributed by atoms with Crippen molar-refractivity contribution in [2.45, 2.75) is 53.9 Å². The van der Waals surface area contributed by atoms with Crippen molar-refractivity contribution in [3.8, 4) is 0 Å². The van der Waals surface area contributed by atoms with E-state index < -0.39 is 23.7 Å². The van der Waals surface area contributed by atoms with Crippen LogP contribution in [0.1, 0.15) is 68.6 Å². The molecule has 2 rings (SSSR count). The number of hydrogen-bond donors (Lipinski definition) is 0. The van der Waals surface area contributed by atoms with Gasteiger partial charge >= 0.3 is 11.9 Å². The van der Waals surface area contributed by atoms with Gasteiger partial charge < -0.3 is 4.74 Å². The summed E-state index contributed by atoms with van der Waals surface area (Å²) in [6.45, 7) is 11.2. The van der Waals surface area contributed by atoms with Crippen molar-refractivity contribution >= 4 is 23.5 Å². The topological polar surface area (TPSA) is 81.5 Å². The minimum Gasteiger partial charge on any atom is -0.459 e. The molecule has 0 fully saturated rings. The minimum absolute atomic E-state index is 0.0153. The predicted octanol–water partition coefficient (Wildman–Crippen LogP) is 4.14. The Labute approximate surface area is 182 Å². The molecule has 0 saturated carbocycles. The number of aryl methyl sites for hydroxylation is 2. The summed E-state index contributed by atoms with van der Waals surface area (Å²) in [4.78, 5) is 39.4. The number of anilines is 1. The number of imide groups is 1. The number of para-hydroxylation sites is 1. The molecule has 7 nitrogen and oxygen atoms in total. The molecule has 1 aromatic heterocycles. The van der Waals surface area contributed by atoms with Gasteiger partial charge in [-0.15, -0.1) is 0 Å². The van der Waals surface area contributed by atoms with Crippen molar-refractivity contribution in [1.82, 2.24) is 9.78 Å². The van der Waals surface area contributed by atoms with Gasteiger partial charge in [-0.3, -0.25) is 9.59 Å². The van der Waals surface area contributed by atoms with Gasteiger partial charge in [0, 0.05) is 7.05 Å².